The molecule has 5 heteroatoms. The monoisotopic (exact) mass is 274 g/mol. The molecule has 0 aliphatic rings. The second kappa shape index (κ2) is 7.05. The average molecular weight is 274 g/mol. The van der Waals surface area contributed by atoms with E-state index in [1.54, 1.807) is 6.20 Å². The molecule has 0 aliphatic heterocycles. The summed E-state index contributed by atoms with van der Waals surface area (Å²) in [6.07, 6.45) is 6.57. The van der Waals surface area contributed by atoms with Gasteiger partial charge in [-0.1, -0.05) is 6.92 Å². The van der Waals surface area contributed by atoms with Gasteiger partial charge in [-0.3, -0.25) is 4.68 Å². The van der Waals surface area contributed by atoms with Crippen molar-refractivity contribution in [3.63, 3.8) is 0 Å². The third-order valence-electron chi connectivity index (χ3n) is 2.99. The SMILES string of the molecule is CCCNCc1cnc(Oc2cnn(CC)c2)c(C)c1. The van der Waals surface area contributed by atoms with Crippen LogP contribution in [0.2, 0.25) is 0 Å². The summed E-state index contributed by atoms with van der Waals surface area (Å²) in [5, 5.41) is 7.55. The molecular weight excluding hydrogens is 252 g/mol. The highest BCUT2D eigenvalue weighted by Crippen LogP contribution is 2.22. The van der Waals surface area contributed by atoms with E-state index in [9.17, 15) is 0 Å². The quantitative estimate of drug-likeness (QED) is 0.789. The molecule has 0 unspecified atom stereocenters. The summed E-state index contributed by atoms with van der Waals surface area (Å²) in [5.74, 6) is 1.36. The summed E-state index contributed by atoms with van der Waals surface area (Å²) < 4.78 is 7.58. The van der Waals surface area contributed by atoms with Crippen molar-refractivity contribution in [2.24, 2.45) is 0 Å². The second-order valence-electron chi connectivity index (χ2n) is 4.78. The van der Waals surface area contributed by atoms with Gasteiger partial charge < -0.3 is 10.1 Å². The fourth-order valence-corrected chi connectivity index (χ4v) is 1.92. The number of nitrogens with zero attached hydrogens (tertiary/aromatic N) is 3. The van der Waals surface area contributed by atoms with Crippen LogP contribution < -0.4 is 10.1 Å². The van der Waals surface area contributed by atoms with Crippen LogP contribution in [0.25, 0.3) is 0 Å². The van der Waals surface area contributed by atoms with Gasteiger partial charge in [0.05, 0.1) is 12.4 Å². The molecule has 0 fully saturated rings. The first-order chi connectivity index (χ1) is 9.72. The van der Waals surface area contributed by atoms with Crippen LogP contribution in [-0.2, 0) is 13.1 Å². The molecule has 2 rings (SSSR count). The molecule has 108 valence electrons. The maximum atomic E-state index is 5.76. The van der Waals surface area contributed by atoms with Gasteiger partial charge in [0.25, 0.3) is 0 Å². The van der Waals surface area contributed by atoms with Crippen LogP contribution in [0.3, 0.4) is 0 Å². The lowest BCUT2D eigenvalue weighted by Gasteiger charge is -2.08. The molecule has 0 aromatic carbocycles. The van der Waals surface area contributed by atoms with Crippen molar-refractivity contribution in [2.75, 3.05) is 6.54 Å². The molecule has 20 heavy (non-hydrogen) atoms. The lowest BCUT2D eigenvalue weighted by molar-refractivity contribution is 0.457. The van der Waals surface area contributed by atoms with E-state index in [2.05, 4.69) is 28.4 Å². The van der Waals surface area contributed by atoms with Gasteiger partial charge in [0, 0.05) is 24.8 Å². The Labute approximate surface area is 120 Å². The minimum atomic E-state index is 0.639. The summed E-state index contributed by atoms with van der Waals surface area (Å²) in [6, 6.07) is 2.11. The molecule has 2 aromatic heterocycles. The van der Waals surface area contributed by atoms with Gasteiger partial charge in [0.1, 0.15) is 0 Å². The molecule has 0 amide bonds. The number of aromatic nitrogens is 3. The van der Waals surface area contributed by atoms with Crippen LogP contribution in [0, 0.1) is 6.92 Å². The minimum Gasteiger partial charge on any atom is -0.435 e. The first kappa shape index (κ1) is 14.5. The molecule has 1 N–H and O–H groups in total. The number of hydrogen-bond acceptors (Lipinski definition) is 4. The van der Waals surface area contributed by atoms with Crippen LogP contribution in [-0.4, -0.2) is 21.3 Å². The van der Waals surface area contributed by atoms with Crippen LogP contribution >= 0.6 is 0 Å². The van der Waals surface area contributed by atoms with E-state index < -0.39 is 0 Å². The minimum absolute atomic E-state index is 0.639. The predicted molar refractivity (Wildman–Crippen MR) is 78.9 cm³/mol. The first-order valence-corrected chi connectivity index (χ1v) is 7.09. The van der Waals surface area contributed by atoms with Crippen LogP contribution in [0.15, 0.2) is 24.7 Å². The molecule has 0 saturated carbocycles. The van der Waals surface area contributed by atoms with Crippen LogP contribution in [0.4, 0.5) is 0 Å². The Balaban J connectivity index is 2.01. The number of hydrogen-bond donors (Lipinski definition) is 1. The van der Waals surface area contributed by atoms with Crippen molar-refractivity contribution in [2.45, 2.75) is 40.3 Å². The molecule has 0 bridgehead atoms. The Bertz CT molecular complexity index is 551. The third-order valence-corrected chi connectivity index (χ3v) is 2.99. The number of rotatable bonds is 7. The van der Waals surface area contributed by atoms with Gasteiger partial charge in [-0.25, -0.2) is 4.98 Å². The number of nitrogens with one attached hydrogen (secondary N) is 1. The summed E-state index contributed by atoms with van der Waals surface area (Å²) in [6.45, 7) is 8.90. The zero-order valence-corrected chi connectivity index (χ0v) is 12.4. The zero-order chi connectivity index (χ0) is 14.4. The standard InChI is InChI=1S/C15H22N4O/c1-4-6-16-8-13-7-12(3)15(17-9-13)20-14-10-18-19(5-2)11-14/h7,9-11,16H,4-6,8H2,1-3H3. The van der Waals surface area contributed by atoms with Crippen molar-refractivity contribution in [3.8, 4) is 11.6 Å². The highest BCUT2D eigenvalue weighted by atomic mass is 16.5. The smallest absolute Gasteiger partial charge is 0.222 e. The summed E-state index contributed by atoms with van der Waals surface area (Å²) in [4.78, 5) is 4.39. The average Bonchev–Trinajstić information content (AvgIpc) is 2.90. The summed E-state index contributed by atoms with van der Waals surface area (Å²) >= 11 is 0. The Kier molecular flexibility index (Phi) is 5.12. The van der Waals surface area contributed by atoms with E-state index in [1.807, 2.05) is 30.9 Å². The Morgan fingerprint density at radius 1 is 1.30 bits per heavy atom. The Hall–Kier alpha value is -1.88. The van der Waals surface area contributed by atoms with Crippen molar-refractivity contribution in [3.05, 3.63) is 35.8 Å². The van der Waals surface area contributed by atoms with E-state index in [4.69, 9.17) is 4.74 Å². The van der Waals surface area contributed by atoms with Gasteiger partial charge in [0.2, 0.25) is 5.88 Å². The van der Waals surface area contributed by atoms with Gasteiger partial charge in [-0.2, -0.15) is 5.10 Å². The molecule has 2 heterocycles. The van der Waals surface area contributed by atoms with Crippen molar-refractivity contribution < 1.29 is 4.74 Å². The third kappa shape index (κ3) is 3.81. The van der Waals surface area contributed by atoms with E-state index in [-0.39, 0.29) is 0 Å². The fourth-order valence-electron chi connectivity index (χ4n) is 1.92. The summed E-state index contributed by atoms with van der Waals surface area (Å²) in [5.41, 5.74) is 2.21. The van der Waals surface area contributed by atoms with Crippen molar-refractivity contribution >= 4 is 0 Å². The molecule has 2 aromatic rings. The van der Waals surface area contributed by atoms with Crippen LogP contribution in [0.5, 0.6) is 11.6 Å². The molecule has 0 radical (unpaired) electrons. The molecular formula is C15H22N4O. The molecule has 0 atom stereocenters. The maximum Gasteiger partial charge on any atom is 0.222 e. The topological polar surface area (TPSA) is 52.0 Å². The number of pyridine rings is 1. The van der Waals surface area contributed by atoms with E-state index in [0.29, 0.717) is 5.88 Å². The highest BCUT2D eigenvalue weighted by molar-refractivity contribution is 5.32. The Morgan fingerprint density at radius 3 is 2.80 bits per heavy atom. The second-order valence-corrected chi connectivity index (χ2v) is 4.78. The molecule has 0 spiro atoms. The van der Waals surface area contributed by atoms with Crippen molar-refractivity contribution in [1.82, 2.24) is 20.1 Å². The van der Waals surface area contributed by atoms with E-state index in [1.165, 1.54) is 5.56 Å². The first-order valence-electron chi connectivity index (χ1n) is 7.09. The molecule has 5 nitrogen and oxygen atoms in total. The molecule has 0 saturated heterocycles. The zero-order valence-electron chi connectivity index (χ0n) is 12.4. The Morgan fingerprint density at radius 2 is 2.15 bits per heavy atom. The molecule has 0 aliphatic carbocycles. The van der Waals surface area contributed by atoms with Gasteiger partial charge in [-0.15, -0.1) is 0 Å². The van der Waals surface area contributed by atoms with Gasteiger partial charge in [-0.05, 0) is 38.4 Å². The lowest BCUT2D eigenvalue weighted by atomic mass is 10.2. The van der Waals surface area contributed by atoms with E-state index >= 15 is 0 Å². The van der Waals surface area contributed by atoms with Gasteiger partial charge >= 0.3 is 0 Å². The highest BCUT2D eigenvalue weighted by Gasteiger charge is 2.06. The largest absolute Gasteiger partial charge is 0.435 e. The number of ether oxygens (including phenoxy) is 1. The van der Waals surface area contributed by atoms with E-state index in [0.717, 1.165) is 37.4 Å². The normalized spacial score (nSPS) is 10.8. The number of aryl methyl sites for hydroxylation is 2. The fraction of sp³-hybridized carbons (Fsp3) is 0.467. The summed E-state index contributed by atoms with van der Waals surface area (Å²) in [7, 11) is 0. The van der Waals surface area contributed by atoms with Crippen molar-refractivity contribution in [1.29, 1.82) is 0 Å². The maximum absolute atomic E-state index is 5.76. The van der Waals surface area contributed by atoms with Crippen LogP contribution in [0.1, 0.15) is 31.4 Å². The predicted octanol–water partition coefficient (Wildman–Crippen LogP) is 2.90. The van der Waals surface area contributed by atoms with Gasteiger partial charge in [0.15, 0.2) is 5.75 Å². The lowest BCUT2D eigenvalue weighted by Crippen LogP contribution is -2.14.